The van der Waals surface area contributed by atoms with Crippen LogP contribution in [0.4, 0.5) is 0 Å². The zero-order valence-corrected chi connectivity index (χ0v) is 15.3. The van der Waals surface area contributed by atoms with Gasteiger partial charge in [0.15, 0.2) is 5.78 Å². The first-order valence-corrected chi connectivity index (χ1v) is 9.25. The van der Waals surface area contributed by atoms with Gasteiger partial charge in [-0.1, -0.05) is 31.9 Å². The van der Waals surface area contributed by atoms with Crippen LogP contribution in [0.25, 0.3) is 10.8 Å². The average Bonchev–Trinajstić information content (AvgIpc) is 2.83. The van der Waals surface area contributed by atoms with Crippen molar-refractivity contribution in [2.24, 2.45) is 5.73 Å². The molecule has 0 saturated carbocycles. The van der Waals surface area contributed by atoms with Crippen LogP contribution in [0.1, 0.15) is 32.6 Å². The van der Waals surface area contributed by atoms with Crippen molar-refractivity contribution in [1.82, 2.24) is 14.7 Å². The Hall–Kier alpha value is -2.74. The predicted molar refractivity (Wildman–Crippen MR) is 102 cm³/mol. The number of unbranched alkanes of at least 4 members (excludes halogenated alkanes) is 1. The van der Waals surface area contributed by atoms with Crippen LogP contribution in [0.3, 0.4) is 0 Å². The van der Waals surface area contributed by atoms with E-state index in [1.165, 1.54) is 9.36 Å². The fraction of sp³-hybridized carbons (Fsp3) is 0.474. The summed E-state index contributed by atoms with van der Waals surface area (Å²) in [7, 11) is 0. The van der Waals surface area contributed by atoms with Gasteiger partial charge >= 0.3 is 0 Å². The van der Waals surface area contributed by atoms with E-state index in [4.69, 9.17) is 5.73 Å². The highest BCUT2D eigenvalue weighted by Gasteiger charge is 2.28. The maximum Gasteiger partial charge on any atom is 0.273 e. The number of benzene rings is 1. The molecule has 1 aliphatic rings. The van der Waals surface area contributed by atoms with E-state index in [0.29, 0.717) is 11.8 Å². The lowest BCUT2D eigenvalue weighted by Crippen LogP contribution is -2.49. The van der Waals surface area contributed by atoms with Gasteiger partial charge in [-0.15, -0.1) is 0 Å². The molecule has 8 heteroatoms. The number of rotatable bonds is 5. The molecule has 0 radical (unpaired) electrons. The van der Waals surface area contributed by atoms with Gasteiger partial charge in [0.1, 0.15) is 6.54 Å². The molecule has 2 atom stereocenters. The first kappa shape index (κ1) is 19.0. The largest absolute Gasteiger partial charge is 0.345 e. The Bertz CT molecular complexity index is 991. The Morgan fingerprint density at radius 3 is 2.44 bits per heavy atom. The number of ketones is 1. The second-order valence-electron chi connectivity index (χ2n) is 6.90. The zero-order valence-electron chi connectivity index (χ0n) is 15.3. The van der Waals surface area contributed by atoms with E-state index in [2.05, 4.69) is 5.32 Å². The summed E-state index contributed by atoms with van der Waals surface area (Å²) in [6, 6.07) is 5.12. The molecule has 1 aliphatic heterocycles. The van der Waals surface area contributed by atoms with Gasteiger partial charge in [-0.25, -0.2) is 9.36 Å². The monoisotopic (exact) mass is 372 g/mol. The molecule has 1 aromatic heterocycles. The van der Waals surface area contributed by atoms with E-state index in [1.807, 2.05) is 6.92 Å². The Kier molecular flexibility index (Phi) is 5.55. The summed E-state index contributed by atoms with van der Waals surface area (Å²) in [6.07, 6.45) is 2.55. The van der Waals surface area contributed by atoms with Crippen LogP contribution in [-0.2, 0) is 22.7 Å². The first-order valence-electron chi connectivity index (χ1n) is 9.25. The van der Waals surface area contributed by atoms with Crippen LogP contribution < -0.4 is 22.2 Å². The van der Waals surface area contributed by atoms with Crippen molar-refractivity contribution < 1.29 is 9.59 Å². The third-order valence-electron chi connectivity index (χ3n) is 4.99. The minimum atomic E-state index is -0.764. The molecule has 0 unspecified atom stereocenters. The van der Waals surface area contributed by atoms with E-state index in [1.54, 1.807) is 24.3 Å². The molecule has 0 bridgehead atoms. The summed E-state index contributed by atoms with van der Waals surface area (Å²) in [5.74, 6) is -0.688. The lowest BCUT2D eigenvalue weighted by atomic mass is 10.1. The van der Waals surface area contributed by atoms with Gasteiger partial charge in [0, 0.05) is 6.54 Å². The van der Waals surface area contributed by atoms with Gasteiger partial charge in [0.05, 0.1) is 22.9 Å². The fourth-order valence-electron chi connectivity index (χ4n) is 3.39. The van der Waals surface area contributed by atoms with Crippen molar-refractivity contribution in [1.29, 1.82) is 0 Å². The number of nitrogens with two attached hydrogens (primary N) is 1. The topological polar surface area (TPSA) is 116 Å². The number of carbonyl (C=O) groups excluding carboxylic acids is 2. The molecule has 8 nitrogen and oxygen atoms in total. The van der Waals surface area contributed by atoms with E-state index < -0.39 is 12.1 Å². The molecule has 3 N–H and O–H groups in total. The number of Topliss-reactive ketones (excluding diaryl/α,β-unsaturated/α-hetero) is 1. The third-order valence-corrected chi connectivity index (χ3v) is 4.99. The molecule has 0 aliphatic carbocycles. The minimum absolute atomic E-state index is 0.166. The van der Waals surface area contributed by atoms with Crippen LogP contribution in [0, 0.1) is 0 Å². The smallest absolute Gasteiger partial charge is 0.273 e. The molecular weight excluding hydrogens is 348 g/mol. The molecule has 1 amide bonds. The minimum Gasteiger partial charge on any atom is -0.345 e. The van der Waals surface area contributed by atoms with E-state index in [0.717, 1.165) is 12.8 Å². The summed E-state index contributed by atoms with van der Waals surface area (Å²) in [4.78, 5) is 50.3. The number of hydrogen-bond acceptors (Lipinski definition) is 5. The van der Waals surface area contributed by atoms with E-state index >= 15 is 0 Å². The molecule has 0 spiro atoms. The summed E-state index contributed by atoms with van der Waals surface area (Å²) in [5, 5.41) is 3.30. The van der Waals surface area contributed by atoms with Gasteiger partial charge in [0.25, 0.3) is 11.1 Å². The number of aromatic nitrogens is 2. The molecule has 2 aromatic rings. The van der Waals surface area contributed by atoms with E-state index in [-0.39, 0.29) is 47.7 Å². The van der Waals surface area contributed by atoms with Crippen LogP contribution in [0.2, 0.25) is 0 Å². The van der Waals surface area contributed by atoms with Crippen molar-refractivity contribution in [2.75, 3.05) is 0 Å². The van der Waals surface area contributed by atoms with Gasteiger partial charge in [-0.2, -0.15) is 0 Å². The Balaban J connectivity index is 1.87. The second kappa shape index (κ2) is 7.87. The summed E-state index contributed by atoms with van der Waals surface area (Å²) >= 11 is 0. The lowest BCUT2D eigenvalue weighted by Gasteiger charge is -2.17. The van der Waals surface area contributed by atoms with Gasteiger partial charge in [-0.05, 0) is 25.0 Å². The number of fused-ring (bicyclic) bond motifs is 2. The van der Waals surface area contributed by atoms with E-state index in [9.17, 15) is 19.2 Å². The van der Waals surface area contributed by atoms with Gasteiger partial charge < -0.3 is 11.1 Å². The summed E-state index contributed by atoms with van der Waals surface area (Å²) < 4.78 is 2.47. The van der Waals surface area contributed by atoms with Crippen molar-refractivity contribution in [3.63, 3.8) is 0 Å². The second-order valence-corrected chi connectivity index (χ2v) is 6.90. The molecular formula is C19H24N4O4. The van der Waals surface area contributed by atoms with Crippen molar-refractivity contribution >= 4 is 22.5 Å². The van der Waals surface area contributed by atoms with Crippen LogP contribution in [-0.4, -0.2) is 33.1 Å². The number of amides is 1. The van der Waals surface area contributed by atoms with Crippen LogP contribution in [0.15, 0.2) is 33.9 Å². The van der Waals surface area contributed by atoms with Gasteiger partial charge in [0.2, 0.25) is 5.91 Å². The maximum atomic E-state index is 12.7. The van der Waals surface area contributed by atoms with Crippen molar-refractivity contribution in [3.05, 3.63) is 45.0 Å². The maximum absolute atomic E-state index is 12.7. The molecule has 0 saturated heterocycles. The van der Waals surface area contributed by atoms with Crippen molar-refractivity contribution in [3.8, 4) is 0 Å². The molecule has 2 heterocycles. The fourth-order valence-corrected chi connectivity index (χ4v) is 3.39. The quantitative estimate of drug-likeness (QED) is 0.774. The Morgan fingerprint density at radius 1 is 1.19 bits per heavy atom. The molecule has 3 rings (SSSR count). The number of nitrogens with zero attached hydrogens (tertiary/aromatic N) is 2. The zero-order chi connectivity index (χ0) is 19.6. The molecule has 1 aromatic carbocycles. The highest BCUT2D eigenvalue weighted by Crippen LogP contribution is 2.09. The highest BCUT2D eigenvalue weighted by atomic mass is 16.2. The Labute approximate surface area is 155 Å². The number of nitrogens with one attached hydrogen (secondary N) is 1. The Morgan fingerprint density at radius 2 is 1.81 bits per heavy atom. The van der Waals surface area contributed by atoms with Crippen LogP contribution >= 0.6 is 0 Å². The third kappa shape index (κ3) is 3.71. The molecule has 0 fully saturated rings. The summed E-state index contributed by atoms with van der Waals surface area (Å²) in [6.45, 7) is 1.92. The predicted octanol–water partition coefficient (Wildman–Crippen LogP) is 0.138. The average molecular weight is 372 g/mol. The standard InChI is InChI=1S/C19H24N4O4/c1-2-3-8-14(20)17(25)21-15-9-10-22-18(26)12-6-4-5-7-13(12)19(27)23(22)11-16(15)24/h4-7,14-15H,2-3,8-11,20H2,1H3,(H,21,25)/t14-,15-/m0/s1. The first-order chi connectivity index (χ1) is 12.9. The SMILES string of the molecule is CCCC[C@H](N)C(=O)N[C@H]1CCn2c(=O)c3ccccc3c(=O)n2CC1=O. The van der Waals surface area contributed by atoms with Crippen LogP contribution in [0.5, 0.6) is 0 Å². The highest BCUT2D eigenvalue weighted by molar-refractivity contribution is 5.91. The lowest BCUT2D eigenvalue weighted by molar-refractivity contribution is -0.128. The number of carbonyl (C=O) groups is 2. The summed E-state index contributed by atoms with van der Waals surface area (Å²) in [5.41, 5.74) is 5.17. The van der Waals surface area contributed by atoms with Crippen molar-refractivity contribution in [2.45, 2.75) is 57.8 Å². The molecule has 27 heavy (non-hydrogen) atoms. The molecule has 144 valence electrons. The normalized spacial score (nSPS) is 18.0. The number of hydrogen-bond donors (Lipinski definition) is 2. The van der Waals surface area contributed by atoms with Gasteiger partial charge in [-0.3, -0.25) is 19.2 Å².